The zero-order valence-corrected chi connectivity index (χ0v) is 9.00. The van der Waals surface area contributed by atoms with Gasteiger partial charge < -0.3 is 0 Å². The van der Waals surface area contributed by atoms with Gasteiger partial charge in [-0.2, -0.15) is 0 Å². The summed E-state index contributed by atoms with van der Waals surface area (Å²) < 4.78 is 0. The van der Waals surface area contributed by atoms with Crippen LogP contribution in [0.2, 0.25) is 0 Å². The largest absolute Gasteiger partial charge is 0.103 e. The first-order valence-corrected chi connectivity index (χ1v) is 5.27. The van der Waals surface area contributed by atoms with Gasteiger partial charge in [0.25, 0.3) is 0 Å². The highest BCUT2D eigenvalue weighted by molar-refractivity contribution is 4.94. The fraction of sp³-hybridized carbons (Fsp3) is 0.538. The maximum atomic E-state index is 3.85. The van der Waals surface area contributed by atoms with E-state index in [0.29, 0.717) is 5.92 Å². The van der Waals surface area contributed by atoms with Gasteiger partial charge in [0.2, 0.25) is 0 Å². The molecule has 0 aliphatic rings. The van der Waals surface area contributed by atoms with Crippen molar-refractivity contribution in [2.45, 2.75) is 39.5 Å². The van der Waals surface area contributed by atoms with Crippen LogP contribution >= 0.6 is 0 Å². The molecule has 0 radical (unpaired) electrons. The molecule has 0 rings (SSSR count). The Bertz CT molecular complexity index is 147. The normalized spacial score (nSPS) is 14.0. The van der Waals surface area contributed by atoms with Crippen LogP contribution in [0.15, 0.2) is 37.0 Å². The summed E-state index contributed by atoms with van der Waals surface area (Å²) >= 11 is 0. The number of hydrogen-bond acceptors (Lipinski definition) is 0. The van der Waals surface area contributed by atoms with E-state index in [1.54, 1.807) is 0 Å². The molecule has 74 valence electrons. The molecule has 0 aromatic carbocycles. The first kappa shape index (κ1) is 12.2. The van der Waals surface area contributed by atoms with Crippen molar-refractivity contribution in [2.24, 2.45) is 5.92 Å². The van der Waals surface area contributed by atoms with Gasteiger partial charge in [-0.1, -0.05) is 44.2 Å². The Morgan fingerprint density at radius 3 is 1.69 bits per heavy atom. The predicted octanol–water partition coefficient (Wildman–Crippen LogP) is 4.50. The lowest BCUT2D eigenvalue weighted by atomic mass is 10.0. The van der Waals surface area contributed by atoms with E-state index >= 15 is 0 Å². The summed E-state index contributed by atoms with van der Waals surface area (Å²) in [6, 6.07) is 0. The molecule has 0 aromatic rings. The van der Waals surface area contributed by atoms with Gasteiger partial charge in [0.15, 0.2) is 0 Å². The molecule has 0 heteroatoms. The zero-order chi connectivity index (χ0) is 9.94. The molecular weight excluding hydrogens is 156 g/mol. The van der Waals surface area contributed by atoms with E-state index in [-0.39, 0.29) is 0 Å². The summed E-state index contributed by atoms with van der Waals surface area (Å²) in [5.41, 5.74) is 0. The van der Waals surface area contributed by atoms with Crippen molar-refractivity contribution in [3.05, 3.63) is 37.0 Å². The molecule has 0 fully saturated rings. The number of hydrogen-bond donors (Lipinski definition) is 0. The minimum absolute atomic E-state index is 0.616. The lowest BCUT2D eigenvalue weighted by Crippen LogP contribution is -1.91. The summed E-state index contributed by atoms with van der Waals surface area (Å²) in [6.07, 6.45) is 15.5. The highest BCUT2D eigenvalue weighted by Crippen LogP contribution is 2.11. The Morgan fingerprint density at radius 2 is 1.38 bits per heavy atom. The Kier molecular flexibility index (Phi) is 8.75. The van der Waals surface area contributed by atoms with Crippen molar-refractivity contribution in [1.82, 2.24) is 0 Å². The molecular formula is C13H22. The van der Waals surface area contributed by atoms with Gasteiger partial charge in [-0.25, -0.2) is 0 Å². The van der Waals surface area contributed by atoms with Crippen LogP contribution in [0.25, 0.3) is 0 Å². The summed E-state index contributed by atoms with van der Waals surface area (Å²) in [5.74, 6) is 0.616. The summed E-state index contributed by atoms with van der Waals surface area (Å²) in [7, 11) is 0. The van der Waals surface area contributed by atoms with Crippen molar-refractivity contribution < 1.29 is 0 Å². The maximum absolute atomic E-state index is 3.85. The molecule has 0 aliphatic carbocycles. The fourth-order valence-electron chi connectivity index (χ4n) is 1.16. The van der Waals surface area contributed by atoms with Gasteiger partial charge >= 0.3 is 0 Å². The topological polar surface area (TPSA) is 0 Å². The molecule has 1 atom stereocenters. The van der Waals surface area contributed by atoms with Gasteiger partial charge in [-0.3, -0.25) is 0 Å². The average Bonchev–Trinajstić information content (AvgIpc) is 2.16. The van der Waals surface area contributed by atoms with E-state index < -0.39 is 0 Å². The van der Waals surface area contributed by atoms with Crippen LogP contribution in [-0.4, -0.2) is 0 Å². The minimum atomic E-state index is 0.616. The van der Waals surface area contributed by atoms with Gasteiger partial charge in [-0.15, -0.1) is 6.58 Å². The second-order valence-corrected chi connectivity index (χ2v) is 3.23. The van der Waals surface area contributed by atoms with E-state index in [2.05, 4.69) is 50.8 Å². The Labute approximate surface area is 83.0 Å². The van der Waals surface area contributed by atoms with Crippen LogP contribution in [-0.2, 0) is 0 Å². The van der Waals surface area contributed by atoms with Crippen LogP contribution in [0.3, 0.4) is 0 Å². The molecule has 0 N–H and O–H groups in total. The second kappa shape index (κ2) is 9.31. The second-order valence-electron chi connectivity index (χ2n) is 3.23. The molecule has 13 heavy (non-hydrogen) atoms. The van der Waals surface area contributed by atoms with Crippen LogP contribution in [0.4, 0.5) is 0 Å². The van der Waals surface area contributed by atoms with Crippen molar-refractivity contribution in [1.29, 1.82) is 0 Å². The smallest absolute Gasteiger partial charge is 0.0167 e. The molecule has 0 saturated heterocycles. The van der Waals surface area contributed by atoms with E-state index in [0.717, 1.165) is 25.7 Å². The maximum Gasteiger partial charge on any atom is -0.0167 e. The van der Waals surface area contributed by atoms with Crippen molar-refractivity contribution in [3.63, 3.8) is 0 Å². The molecule has 0 spiro atoms. The van der Waals surface area contributed by atoms with Crippen LogP contribution in [0.5, 0.6) is 0 Å². The summed E-state index contributed by atoms with van der Waals surface area (Å²) in [6.45, 7) is 8.18. The summed E-state index contributed by atoms with van der Waals surface area (Å²) in [4.78, 5) is 0. The average molecular weight is 178 g/mol. The van der Waals surface area contributed by atoms with Crippen LogP contribution in [0.1, 0.15) is 39.5 Å². The van der Waals surface area contributed by atoms with E-state index in [1.165, 1.54) is 0 Å². The molecule has 0 nitrogen and oxygen atoms in total. The lowest BCUT2D eigenvalue weighted by molar-refractivity contribution is 0.674. The Morgan fingerprint density at radius 1 is 0.923 bits per heavy atom. The van der Waals surface area contributed by atoms with Gasteiger partial charge in [0.1, 0.15) is 0 Å². The fourth-order valence-corrected chi connectivity index (χ4v) is 1.16. The quantitative estimate of drug-likeness (QED) is 0.503. The first-order chi connectivity index (χ1) is 6.35. The highest BCUT2D eigenvalue weighted by atomic mass is 14.0. The third-order valence-corrected chi connectivity index (χ3v) is 2.02. The minimum Gasteiger partial charge on any atom is -0.103 e. The van der Waals surface area contributed by atoms with Gasteiger partial charge in [0, 0.05) is 0 Å². The highest BCUT2D eigenvalue weighted by Gasteiger charge is 1.97. The predicted molar refractivity (Wildman–Crippen MR) is 61.8 cm³/mol. The SMILES string of the molecule is C=CC(C/C=C\CC)C/C=C/CC. The number of rotatable bonds is 7. The Hall–Kier alpha value is -0.780. The van der Waals surface area contributed by atoms with Crippen molar-refractivity contribution in [2.75, 3.05) is 0 Å². The molecule has 0 aromatic heterocycles. The van der Waals surface area contributed by atoms with Gasteiger partial charge in [-0.05, 0) is 31.6 Å². The molecule has 0 bridgehead atoms. The van der Waals surface area contributed by atoms with Crippen LogP contribution in [0, 0.1) is 5.92 Å². The Balaban J connectivity index is 3.69. The lowest BCUT2D eigenvalue weighted by Gasteiger charge is -2.05. The molecule has 0 aliphatic heterocycles. The summed E-state index contributed by atoms with van der Waals surface area (Å²) in [5, 5.41) is 0. The first-order valence-electron chi connectivity index (χ1n) is 5.27. The molecule has 0 saturated carbocycles. The van der Waals surface area contributed by atoms with Crippen LogP contribution < -0.4 is 0 Å². The number of allylic oxidation sites excluding steroid dienone is 5. The third-order valence-electron chi connectivity index (χ3n) is 2.02. The molecule has 1 unspecified atom stereocenters. The zero-order valence-electron chi connectivity index (χ0n) is 9.00. The van der Waals surface area contributed by atoms with Crippen molar-refractivity contribution >= 4 is 0 Å². The monoisotopic (exact) mass is 178 g/mol. The molecule has 0 heterocycles. The van der Waals surface area contributed by atoms with Gasteiger partial charge in [0.05, 0.1) is 0 Å². The molecule has 0 amide bonds. The standard InChI is InChI=1S/C13H22/c1-4-7-9-11-13(6-3)12-10-8-5-2/h6-10,13H,3-5,11-12H2,1-2H3/b9-7-,10-8+. The third kappa shape index (κ3) is 7.58. The van der Waals surface area contributed by atoms with E-state index in [1.807, 2.05) is 0 Å². The van der Waals surface area contributed by atoms with E-state index in [9.17, 15) is 0 Å². The van der Waals surface area contributed by atoms with Crippen molar-refractivity contribution in [3.8, 4) is 0 Å². The van der Waals surface area contributed by atoms with E-state index in [4.69, 9.17) is 0 Å².